The highest BCUT2D eigenvalue weighted by Crippen LogP contribution is 2.33. The predicted molar refractivity (Wildman–Crippen MR) is 105 cm³/mol. The predicted octanol–water partition coefficient (Wildman–Crippen LogP) is 4.12. The molecule has 0 fully saturated rings. The van der Waals surface area contributed by atoms with E-state index in [0.29, 0.717) is 17.1 Å². The maximum Gasteiger partial charge on any atom is 0.264 e. The van der Waals surface area contributed by atoms with Gasteiger partial charge in [0.25, 0.3) is 10.0 Å². The fraction of sp³-hybridized carbons (Fsp3) is 0.200. The van der Waals surface area contributed by atoms with Crippen LogP contribution in [-0.2, 0) is 10.0 Å². The summed E-state index contributed by atoms with van der Waals surface area (Å²) in [6.45, 7) is 2.22. The zero-order valence-corrected chi connectivity index (χ0v) is 15.5. The zero-order chi connectivity index (χ0) is 18.0. The maximum absolute atomic E-state index is 13.4. The lowest BCUT2D eigenvalue weighted by Gasteiger charge is -2.24. The van der Waals surface area contributed by atoms with E-state index in [1.54, 1.807) is 12.1 Å². The highest BCUT2D eigenvalue weighted by molar-refractivity contribution is 7.93. The molecule has 0 saturated carbocycles. The van der Waals surface area contributed by atoms with E-state index >= 15 is 0 Å². The quantitative estimate of drug-likeness (QED) is 0.692. The van der Waals surface area contributed by atoms with Crippen LogP contribution in [0.25, 0.3) is 10.8 Å². The molecule has 3 aromatic rings. The maximum atomic E-state index is 13.4. The first-order chi connectivity index (χ1) is 12.0. The first-order valence-corrected chi connectivity index (χ1v) is 9.67. The molecule has 0 aromatic heterocycles. The Bertz CT molecular complexity index is 983. The van der Waals surface area contributed by atoms with Gasteiger partial charge >= 0.3 is 0 Å². The smallest absolute Gasteiger partial charge is 0.264 e. The van der Waals surface area contributed by atoms with Crippen LogP contribution in [0.2, 0.25) is 0 Å². The Morgan fingerprint density at radius 2 is 1.44 bits per heavy atom. The second-order valence-electron chi connectivity index (χ2n) is 6.03. The number of benzene rings is 3. The largest absolute Gasteiger partial charge is 0.377 e. The molecule has 0 aliphatic heterocycles. The number of para-hydroxylation sites is 1. The van der Waals surface area contributed by atoms with E-state index in [-0.39, 0.29) is 0 Å². The van der Waals surface area contributed by atoms with Crippen molar-refractivity contribution in [3.63, 3.8) is 0 Å². The van der Waals surface area contributed by atoms with Crippen molar-refractivity contribution < 1.29 is 8.42 Å². The van der Waals surface area contributed by atoms with Crippen LogP contribution in [0.1, 0.15) is 6.92 Å². The lowest BCUT2D eigenvalue weighted by atomic mass is 10.1. The number of hydrogen-bond acceptors (Lipinski definition) is 3. The summed E-state index contributed by atoms with van der Waals surface area (Å²) in [5, 5.41) is 1.67. The Morgan fingerprint density at radius 3 is 2.08 bits per heavy atom. The van der Waals surface area contributed by atoms with E-state index in [1.165, 1.54) is 4.31 Å². The number of nitrogens with zero attached hydrogens (tertiary/aromatic N) is 2. The van der Waals surface area contributed by atoms with Gasteiger partial charge in [-0.1, -0.05) is 42.5 Å². The lowest BCUT2D eigenvalue weighted by Crippen LogP contribution is -2.30. The minimum absolute atomic E-state index is 0.333. The summed E-state index contributed by atoms with van der Waals surface area (Å²) >= 11 is 0. The molecule has 3 aromatic carbocycles. The monoisotopic (exact) mass is 354 g/mol. The summed E-state index contributed by atoms with van der Waals surface area (Å²) in [6, 6.07) is 20.4. The van der Waals surface area contributed by atoms with Crippen LogP contribution in [0.3, 0.4) is 0 Å². The van der Waals surface area contributed by atoms with Gasteiger partial charge in [-0.25, -0.2) is 8.42 Å². The van der Waals surface area contributed by atoms with Gasteiger partial charge in [0.15, 0.2) is 0 Å². The third-order valence-corrected chi connectivity index (χ3v) is 6.20. The van der Waals surface area contributed by atoms with Crippen molar-refractivity contribution in [2.24, 2.45) is 0 Å². The van der Waals surface area contributed by atoms with Crippen LogP contribution in [0.4, 0.5) is 11.4 Å². The molecule has 130 valence electrons. The average Bonchev–Trinajstić information content (AvgIpc) is 2.61. The van der Waals surface area contributed by atoms with Gasteiger partial charge in [0.1, 0.15) is 0 Å². The third kappa shape index (κ3) is 3.07. The van der Waals surface area contributed by atoms with Gasteiger partial charge in [-0.05, 0) is 31.2 Å². The van der Waals surface area contributed by atoms with Gasteiger partial charge in [-0.15, -0.1) is 0 Å². The first kappa shape index (κ1) is 17.3. The molecule has 0 aliphatic carbocycles. The number of hydrogen-bond donors (Lipinski definition) is 0. The average molecular weight is 354 g/mol. The van der Waals surface area contributed by atoms with Crippen LogP contribution in [0, 0.1) is 0 Å². The fourth-order valence-electron chi connectivity index (χ4n) is 3.08. The van der Waals surface area contributed by atoms with Crippen LogP contribution in [0.5, 0.6) is 0 Å². The molecule has 5 heteroatoms. The molecule has 0 unspecified atom stereocenters. The molecule has 0 radical (unpaired) electrons. The molecule has 0 aliphatic rings. The summed E-state index contributed by atoms with van der Waals surface area (Å²) in [6.07, 6.45) is 0. The fourth-order valence-corrected chi connectivity index (χ4v) is 4.77. The standard InChI is InChI=1S/C20H22N2O2S/c1-4-22(16-10-6-5-7-11-16)25(23,24)20-15-9-12-17-18(20)13-8-14-19(17)21(2)3/h5-15H,4H2,1-3H3. The van der Waals surface area contributed by atoms with Crippen molar-refractivity contribution in [1.82, 2.24) is 0 Å². The second kappa shape index (κ2) is 6.76. The van der Waals surface area contributed by atoms with Gasteiger partial charge in [0.05, 0.1) is 10.6 Å². The number of fused-ring (bicyclic) bond motifs is 1. The van der Waals surface area contributed by atoms with E-state index < -0.39 is 10.0 Å². The normalized spacial score (nSPS) is 11.5. The first-order valence-electron chi connectivity index (χ1n) is 8.23. The highest BCUT2D eigenvalue weighted by Gasteiger charge is 2.25. The Hall–Kier alpha value is -2.53. The third-order valence-electron chi connectivity index (χ3n) is 4.24. The van der Waals surface area contributed by atoms with Crippen molar-refractivity contribution in [2.75, 3.05) is 29.8 Å². The molecule has 4 nitrogen and oxygen atoms in total. The number of anilines is 2. The van der Waals surface area contributed by atoms with Crippen molar-refractivity contribution in [1.29, 1.82) is 0 Å². The molecule has 3 rings (SSSR count). The van der Waals surface area contributed by atoms with Gasteiger partial charge in [-0.3, -0.25) is 4.31 Å². The van der Waals surface area contributed by atoms with Crippen LogP contribution in [0.15, 0.2) is 71.6 Å². The Morgan fingerprint density at radius 1 is 0.800 bits per heavy atom. The minimum Gasteiger partial charge on any atom is -0.377 e. The SMILES string of the molecule is CCN(c1ccccc1)S(=O)(=O)c1cccc2c(N(C)C)cccc12. The van der Waals surface area contributed by atoms with Gasteiger partial charge in [0.2, 0.25) is 0 Å². The summed E-state index contributed by atoms with van der Waals surface area (Å²) in [4.78, 5) is 2.33. The summed E-state index contributed by atoms with van der Waals surface area (Å²) < 4.78 is 28.2. The van der Waals surface area contributed by atoms with E-state index in [1.807, 2.05) is 80.5 Å². The molecule has 0 spiro atoms. The van der Waals surface area contributed by atoms with Crippen molar-refractivity contribution in [3.8, 4) is 0 Å². The Labute approximate surface area is 149 Å². The van der Waals surface area contributed by atoms with Crippen molar-refractivity contribution in [3.05, 3.63) is 66.7 Å². The van der Waals surface area contributed by atoms with Crippen LogP contribution in [-0.4, -0.2) is 29.1 Å². The summed E-state index contributed by atoms with van der Waals surface area (Å²) in [5.41, 5.74) is 1.67. The topological polar surface area (TPSA) is 40.6 Å². The van der Waals surface area contributed by atoms with E-state index in [4.69, 9.17) is 0 Å². The van der Waals surface area contributed by atoms with E-state index in [9.17, 15) is 8.42 Å². The molecule has 25 heavy (non-hydrogen) atoms. The Balaban J connectivity index is 2.23. The lowest BCUT2D eigenvalue weighted by molar-refractivity contribution is 0.593. The zero-order valence-electron chi connectivity index (χ0n) is 14.7. The molecule has 0 amide bonds. The molecule has 0 heterocycles. The summed E-state index contributed by atoms with van der Waals surface area (Å²) in [5.74, 6) is 0. The van der Waals surface area contributed by atoms with Crippen LogP contribution >= 0.6 is 0 Å². The molecular formula is C20H22N2O2S. The second-order valence-corrected chi connectivity index (χ2v) is 7.86. The van der Waals surface area contributed by atoms with Crippen molar-refractivity contribution >= 4 is 32.2 Å². The Kier molecular flexibility index (Phi) is 4.68. The van der Waals surface area contributed by atoms with Gasteiger partial charge in [-0.2, -0.15) is 0 Å². The highest BCUT2D eigenvalue weighted by atomic mass is 32.2. The van der Waals surface area contributed by atoms with Crippen molar-refractivity contribution in [2.45, 2.75) is 11.8 Å². The molecule has 0 bridgehead atoms. The number of rotatable bonds is 5. The molecule has 0 N–H and O–H groups in total. The molecule has 0 saturated heterocycles. The van der Waals surface area contributed by atoms with E-state index in [2.05, 4.69) is 0 Å². The van der Waals surface area contributed by atoms with Gasteiger partial charge < -0.3 is 4.90 Å². The van der Waals surface area contributed by atoms with E-state index in [0.717, 1.165) is 16.5 Å². The molecular weight excluding hydrogens is 332 g/mol. The minimum atomic E-state index is -3.66. The molecule has 0 atom stereocenters. The van der Waals surface area contributed by atoms with Crippen LogP contribution < -0.4 is 9.21 Å². The number of sulfonamides is 1. The summed E-state index contributed by atoms with van der Waals surface area (Å²) in [7, 11) is 0.255. The van der Waals surface area contributed by atoms with Gasteiger partial charge in [0, 0.05) is 37.1 Å².